The number of carbonyl (C=O) groups is 2. The number of esters is 1. The molecule has 11 heteroatoms. The van der Waals surface area contributed by atoms with Gasteiger partial charge in [-0.25, -0.2) is 9.78 Å². The Morgan fingerprint density at radius 3 is 2.41 bits per heavy atom. The molecule has 2 heterocycles. The minimum Gasteiger partial charge on any atom is -0.466 e. The standard InChI is InChI=1S/C23H18N4O6S/c1-12-16(21(29)33-2)17(13-6-4-3-5-7-13)18-19(24-12)25-23(26-20(18)28)34-22(30)14-8-10-15(11-9-14)27(31)32/h3-11,17H,1-2H3,(H2,24,25,26,28). The lowest BCUT2D eigenvalue weighted by atomic mass is 9.82. The predicted molar refractivity (Wildman–Crippen MR) is 125 cm³/mol. The van der Waals surface area contributed by atoms with Crippen LogP contribution in [0.3, 0.4) is 0 Å². The van der Waals surface area contributed by atoms with Gasteiger partial charge in [0.1, 0.15) is 5.82 Å². The van der Waals surface area contributed by atoms with Crippen molar-refractivity contribution in [2.45, 2.75) is 18.0 Å². The predicted octanol–water partition coefficient (Wildman–Crippen LogP) is 3.62. The van der Waals surface area contributed by atoms with Crippen molar-refractivity contribution in [3.63, 3.8) is 0 Å². The summed E-state index contributed by atoms with van der Waals surface area (Å²) in [5, 5.41) is 13.4. The van der Waals surface area contributed by atoms with Crippen molar-refractivity contribution in [1.82, 2.24) is 9.97 Å². The Hall–Kier alpha value is -4.25. The zero-order chi connectivity index (χ0) is 24.4. The van der Waals surface area contributed by atoms with Crippen LogP contribution < -0.4 is 10.9 Å². The quantitative estimate of drug-likeness (QED) is 0.185. The highest BCUT2D eigenvalue weighted by Crippen LogP contribution is 2.40. The maximum absolute atomic E-state index is 13.2. The van der Waals surface area contributed by atoms with E-state index in [0.717, 1.165) is 0 Å². The van der Waals surface area contributed by atoms with Gasteiger partial charge in [-0.15, -0.1) is 0 Å². The van der Waals surface area contributed by atoms with Crippen molar-refractivity contribution in [2.75, 3.05) is 12.4 Å². The Morgan fingerprint density at radius 2 is 1.79 bits per heavy atom. The molecule has 0 aliphatic carbocycles. The minimum absolute atomic E-state index is 0.0423. The number of non-ortho nitro benzene ring substituents is 1. The van der Waals surface area contributed by atoms with Gasteiger partial charge in [0.15, 0.2) is 5.16 Å². The molecule has 172 valence electrons. The number of H-pyrrole nitrogens is 1. The number of methoxy groups -OCH3 is 1. The first kappa shape index (κ1) is 22.9. The monoisotopic (exact) mass is 478 g/mol. The van der Waals surface area contributed by atoms with Crippen LogP contribution in [-0.4, -0.2) is 33.1 Å². The van der Waals surface area contributed by atoms with Crippen LogP contribution in [0.2, 0.25) is 0 Å². The summed E-state index contributed by atoms with van der Waals surface area (Å²) in [4.78, 5) is 55.7. The van der Waals surface area contributed by atoms with Gasteiger partial charge >= 0.3 is 5.97 Å². The topological polar surface area (TPSA) is 144 Å². The molecule has 34 heavy (non-hydrogen) atoms. The Balaban J connectivity index is 1.73. The number of hydrogen-bond acceptors (Lipinski definition) is 9. The van der Waals surface area contributed by atoms with Crippen molar-refractivity contribution in [3.8, 4) is 0 Å². The molecule has 3 aromatic rings. The van der Waals surface area contributed by atoms with Gasteiger partial charge in [-0.3, -0.25) is 19.7 Å². The van der Waals surface area contributed by atoms with Gasteiger partial charge in [0, 0.05) is 23.4 Å². The molecule has 0 amide bonds. The summed E-state index contributed by atoms with van der Waals surface area (Å²) in [6.07, 6.45) is 0. The number of nitro groups is 1. The van der Waals surface area contributed by atoms with Crippen LogP contribution in [0.25, 0.3) is 0 Å². The number of hydrogen-bond donors (Lipinski definition) is 2. The Morgan fingerprint density at radius 1 is 1.12 bits per heavy atom. The number of benzene rings is 2. The Bertz CT molecular complexity index is 1380. The Labute approximate surface area is 197 Å². The van der Waals surface area contributed by atoms with Crippen LogP contribution in [0.15, 0.2) is 75.8 Å². The maximum atomic E-state index is 13.2. The summed E-state index contributed by atoms with van der Waals surface area (Å²) < 4.78 is 4.95. The molecule has 1 aliphatic heterocycles. The normalized spacial score (nSPS) is 14.7. The average Bonchev–Trinajstić information content (AvgIpc) is 2.83. The number of fused-ring (bicyclic) bond motifs is 1. The molecule has 1 unspecified atom stereocenters. The molecule has 2 aromatic carbocycles. The van der Waals surface area contributed by atoms with Gasteiger partial charge in [-0.05, 0) is 36.4 Å². The number of rotatable bonds is 5. The van der Waals surface area contributed by atoms with Crippen molar-refractivity contribution in [1.29, 1.82) is 0 Å². The van der Waals surface area contributed by atoms with E-state index in [9.17, 15) is 24.5 Å². The number of thioether (sulfide) groups is 1. The summed E-state index contributed by atoms with van der Waals surface area (Å²) >= 11 is 0.685. The van der Waals surface area contributed by atoms with Gasteiger partial charge in [-0.2, -0.15) is 0 Å². The van der Waals surface area contributed by atoms with E-state index in [2.05, 4.69) is 15.3 Å². The van der Waals surface area contributed by atoms with Crippen LogP contribution in [0.5, 0.6) is 0 Å². The number of ether oxygens (including phenoxy) is 1. The molecule has 0 fully saturated rings. The number of nitrogens with one attached hydrogen (secondary N) is 2. The second-order valence-electron chi connectivity index (χ2n) is 7.33. The molecule has 0 saturated heterocycles. The van der Waals surface area contributed by atoms with Gasteiger partial charge in [0.25, 0.3) is 11.2 Å². The molecule has 1 aromatic heterocycles. The molecule has 0 saturated carbocycles. The fourth-order valence-electron chi connectivity index (χ4n) is 3.70. The number of nitro benzene ring substituents is 1. The molecule has 0 radical (unpaired) electrons. The van der Waals surface area contributed by atoms with Crippen LogP contribution in [0.4, 0.5) is 11.5 Å². The van der Waals surface area contributed by atoms with Gasteiger partial charge < -0.3 is 15.0 Å². The molecule has 4 rings (SSSR count). The summed E-state index contributed by atoms with van der Waals surface area (Å²) in [5.74, 6) is -1.07. The summed E-state index contributed by atoms with van der Waals surface area (Å²) in [7, 11) is 1.27. The summed E-state index contributed by atoms with van der Waals surface area (Å²) in [6, 6.07) is 14.2. The number of nitrogens with zero attached hydrogens (tertiary/aromatic N) is 2. The fourth-order valence-corrected chi connectivity index (χ4v) is 4.41. The van der Waals surface area contributed by atoms with E-state index >= 15 is 0 Å². The van der Waals surface area contributed by atoms with E-state index in [0.29, 0.717) is 23.0 Å². The minimum atomic E-state index is -0.717. The van der Waals surface area contributed by atoms with E-state index in [4.69, 9.17) is 4.74 Å². The highest BCUT2D eigenvalue weighted by Gasteiger charge is 2.36. The lowest BCUT2D eigenvalue weighted by molar-refractivity contribution is -0.384. The van der Waals surface area contributed by atoms with E-state index in [-0.39, 0.29) is 33.4 Å². The summed E-state index contributed by atoms with van der Waals surface area (Å²) in [6.45, 7) is 1.68. The third kappa shape index (κ3) is 4.33. The third-order valence-corrected chi connectivity index (χ3v) is 6.07. The van der Waals surface area contributed by atoms with Crippen LogP contribution in [-0.2, 0) is 9.53 Å². The van der Waals surface area contributed by atoms with Crippen molar-refractivity contribution in [2.24, 2.45) is 0 Å². The molecule has 2 N–H and O–H groups in total. The van der Waals surface area contributed by atoms with E-state index in [1.54, 1.807) is 31.2 Å². The molecular formula is C23H18N4O6S. The SMILES string of the molecule is COC(=O)C1=C(C)Nc2nc(SC(=O)c3ccc([N+](=O)[O-])cc3)[nH]c(=O)c2C1c1ccccc1. The van der Waals surface area contributed by atoms with E-state index in [1.165, 1.54) is 31.4 Å². The average molecular weight is 478 g/mol. The first-order valence-corrected chi connectivity index (χ1v) is 10.8. The number of carbonyl (C=O) groups excluding carboxylic acids is 2. The highest BCUT2D eigenvalue weighted by molar-refractivity contribution is 8.14. The van der Waals surface area contributed by atoms with Crippen LogP contribution in [0, 0.1) is 10.1 Å². The van der Waals surface area contributed by atoms with Crippen molar-refractivity contribution in [3.05, 3.63) is 103 Å². The molecule has 0 bridgehead atoms. The fraction of sp³-hybridized carbons (Fsp3) is 0.130. The second-order valence-corrected chi connectivity index (χ2v) is 8.29. The maximum Gasteiger partial charge on any atom is 0.336 e. The van der Waals surface area contributed by atoms with Gasteiger partial charge in [0.2, 0.25) is 5.12 Å². The largest absolute Gasteiger partial charge is 0.466 e. The number of anilines is 1. The molecule has 10 nitrogen and oxygen atoms in total. The molecular weight excluding hydrogens is 460 g/mol. The number of aromatic amines is 1. The zero-order valence-corrected chi connectivity index (χ0v) is 18.8. The molecule has 1 aliphatic rings. The first-order chi connectivity index (χ1) is 16.3. The second kappa shape index (κ2) is 9.32. The van der Waals surface area contributed by atoms with Crippen LogP contribution in [0.1, 0.15) is 34.3 Å². The van der Waals surface area contributed by atoms with Crippen molar-refractivity contribution >= 4 is 34.4 Å². The van der Waals surface area contributed by atoms with Gasteiger partial charge in [0.05, 0.1) is 29.1 Å². The molecule has 1 atom stereocenters. The smallest absolute Gasteiger partial charge is 0.336 e. The zero-order valence-electron chi connectivity index (χ0n) is 18.0. The lowest BCUT2D eigenvalue weighted by Gasteiger charge is -2.28. The number of allylic oxidation sites excluding steroid dienone is 1. The number of aromatic nitrogens is 2. The van der Waals surface area contributed by atoms with Crippen molar-refractivity contribution < 1.29 is 19.2 Å². The lowest BCUT2D eigenvalue weighted by Crippen LogP contribution is -2.31. The third-order valence-electron chi connectivity index (χ3n) is 5.26. The Kier molecular flexibility index (Phi) is 6.28. The molecule has 0 spiro atoms. The van der Waals surface area contributed by atoms with E-state index in [1.807, 2.05) is 6.07 Å². The van der Waals surface area contributed by atoms with E-state index < -0.39 is 27.5 Å². The van der Waals surface area contributed by atoms with Gasteiger partial charge in [-0.1, -0.05) is 30.3 Å². The first-order valence-electron chi connectivity index (χ1n) is 10.0. The summed E-state index contributed by atoms with van der Waals surface area (Å²) in [5.41, 5.74) is 1.26. The highest BCUT2D eigenvalue weighted by atomic mass is 32.2. The van der Waals surface area contributed by atoms with Crippen LogP contribution >= 0.6 is 11.8 Å².